The number of aliphatic imine (C=N–C) groups is 2. The molecule has 1 aromatic rings. The quantitative estimate of drug-likeness (QED) is 0.331. The number of hydrogen-bond donors (Lipinski definition) is 4. The average Bonchev–Trinajstić information content (AvgIpc) is 2.54. The van der Waals surface area contributed by atoms with Crippen molar-refractivity contribution in [3.63, 3.8) is 0 Å². The Morgan fingerprint density at radius 1 is 0.917 bits per heavy atom. The molecule has 0 aliphatic carbocycles. The van der Waals surface area contributed by atoms with E-state index in [-0.39, 0.29) is 0 Å². The third kappa shape index (κ3) is 8.63. The van der Waals surface area contributed by atoms with E-state index in [9.17, 15) is 0 Å². The second-order valence-corrected chi connectivity index (χ2v) is 5.84. The zero-order valence-corrected chi connectivity index (χ0v) is 14.6. The van der Waals surface area contributed by atoms with Gasteiger partial charge in [-0.25, -0.2) is 9.98 Å². The Balaban J connectivity index is 2.57. The molecule has 0 bridgehead atoms. The summed E-state index contributed by atoms with van der Waals surface area (Å²) in [4.78, 5) is 8.62. The van der Waals surface area contributed by atoms with Gasteiger partial charge in [-0.05, 0) is 25.0 Å². The van der Waals surface area contributed by atoms with Crippen molar-refractivity contribution in [2.45, 2.75) is 26.9 Å². The van der Waals surface area contributed by atoms with E-state index in [4.69, 9.17) is 11.5 Å². The predicted molar refractivity (Wildman–Crippen MR) is 103 cm³/mol. The summed E-state index contributed by atoms with van der Waals surface area (Å²) in [6.45, 7) is 13.8. The van der Waals surface area contributed by atoms with Gasteiger partial charge in [-0.3, -0.25) is 0 Å². The maximum atomic E-state index is 5.81. The van der Waals surface area contributed by atoms with Gasteiger partial charge in [0.05, 0.1) is 13.1 Å². The molecule has 1 rings (SSSR count). The maximum Gasteiger partial charge on any atom is 0.189 e. The van der Waals surface area contributed by atoms with E-state index >= 15 is 0 Å². The summed E-state index contributed by atoms with van der Waals surface area (Å²) < 4.78 is 0. The molecule has 0 saturated heterocycles. The Kier molecular flexibility index (Phi) is 8.11. The van der Waals surface area contributed by atoms with Gasteiger partial charge in [-0.15, -0.1) is 0 Å². The van der Waals surface area contributed by atoms with Gasteiger partial charge in [-0.1, -0.05) is 48.6 Å². The molecule has 0 atom stereocenters. The molecule has 1 aromatic carbocycles. The number of nitrogens with one attached hydrogen (secondary N) is 2. The van der Waals surface area contributed by atoms with Crippen LogP contribution in [0.2, 0.25) is 0 Å². The molecule has 0 aliphatic heterocycles. The number of guanidine groups is 2. The highest BCUT2D eigenvalue weighted by atomic mass is 15.1. The van der Waals surface area contributed by atoms with Crippen molar-refractivity contribution in [2.75, 3.05) is 13.1 Å². The fourth-order valence-corrected chi connectivity index (χ4v) is 1.77. The van der Waals surface area contributed by atoms with Gasteiger partial charge < -0.3 is 22.1 Å². The van der Waals surface area contributed by atoms with E-state index in [1.54, 1.807) is 0 Å². The molecular formula is C18H28N6. The Bertz CT molecular complexity index is 579. The molecule has 6 heteroatoms. The zero-order chi connectivity index (χ0) is 17.9. The van der Waals surface area contributed by atoms with Crippen LogP contribution in [-0.4, -0.2) is 25.0 Å². The lowest BCUT2D eigenvalue weighted by Gasteiger charge is -2.06. The van der Waals surface area contributed by atoms with Gasteiger partial charge in [0.25, 0.3) is 0 Å². The lowest BCUT2D eigenvalue weighted by atomic mass is 10.1. The van der Waals surface area contributed by atoms with Crippen LogP contribution in [0.4, 0.5) is 0 Å². The Hall–Kier alpha value is -2.76. The van der Waals surface area contributed by atoms with Crippen molar-refractivity contribution in [1.29, 1.82) is 0 Å². The summed E-state index contributed by atoms with van der Waals surface area (Å²) in [5.74, 6) is 0.823. The molecule has 6 nitrogen and oxygen atoms in total. The number of hydrogen-bond acceptors (Lipinski definition) is 2. The van der Waals surface area contributed by atoms with Crippen LogP contribution in [-0.2, 0) is 13.1 Å². The fraction of sp³-hybridized carbons (Fsp3) is 0.333. The third-order valence-electron chi connectivity index (χ3n) is 3.00. The van der Waals surface area contributed by atoms with Gasteiger partial charge in [0, 0.05) is 13.1 Å². The first-order valence-electron chi connectivity index (χ1n) is 7.81. The minimum Gasteiger partial charge on any atom is -0.370 e. The molecule has 0 unspecified atom stereocenters. The van der Waals surface area contributed by atoms with E-state index in [0.717, 1.165) is 22.3 Å². The van der Waals surface area contributed by atoms with Gasteiger partial charge in [0.1, 0.15) is 0 Å². The summed E-state index contributed by atoms with van der Waals surface area (Å²) in [6, 6.07) is 8.03. The van der Waals surface area contributed by atoms with Crippen LogP contribution in [0, 0.1) is 0 Å². The van der Waals surface area contributed by atoms with Crippen molar-refractivity contribution in [3.8, 4) is 0 Å². The first kappa shape index (κ1) is 19.3. The van der Waals surface area contributed by atoms with Crippen LogP contribution >= 0.6 is 0 Å². The summed E-state index contributed by atoms with van der Waals surface area (Å²) in [5.41, 5.74) is 15.8. The molecule has 6 N–H and O–H groups in total. The van der Waals surface area contributed by atoms with Crippen molar-refractivity contribution in [3.05, 3.63) is 59.7 Å². The monoisotopic (exact) mass is 328 g/mol. The second kappa shape index (κ2) is 10.1. The molecule has 0 radical (unpaired) electrons. The van der Waals surface area contributed by atoms with Crippen molar-refractivity contribution in [1.82, 2.24) is 10.6 Å². The lowest BCUT2D eigenvalue weighted by molar-refractivity contribution is 0.930. The molecule has 0 heterocycles. The SMILES string of the molecule is C=C(C)CNC(N)=NCc1cccc(CN=C(N)NCC(=C)C)c1. The number of rotatable bonds is 8. The fourth-order valence-electron chi connectivity index (χ4n) is 1.77. The first-order valence-corrected chi connectivity index (χ1v) is 7.81. The topological polar surface area (TPSA) is 101 Å². The van der Waals surface area contributed by atoms with Crippen molar-refractivity contribution in [2.24, 2.45) is 21.5 Å². The van der Waals surface area contributed by atoms with E-state index < -0.39 is 0 Å². The number of nitrogens with zero attached hydrogens (tertiary/aromatic N) is 2. The summed E-state index contributed by atoms with van der Waals surface area (Å²) in [5, 5.41) is 6.01. The van der Waals surface area contributed by atoms with Gasteiger partial charge >= 0.3 is 0 Å². The number of benzene rings is 1. The lowest BCUT2D eigenvalue weighted by Crippen LogP contribution is -2.32. The van der Waals surface area contributed by atoms with Gasteiger partial charge in [0.2, 0.25) is 0 Å². The highest BCUT2D eigenvalue weighted by molar-refractivity contribution is 5.78. The van der Waals surface area contributed by atoms with Crippen molar-refractivity contribution >= 4 is 11.9 Å². The molecule has 0 saturated carbocycles. The Morgan fingerprint density at radius 3 is 1.71 bits per heavy atom. The Morgan fingerprint density at radius 2 is 1.33 bits per heavy atom. The van der Waals surface area contributed by atoms with Crippen LogP contribution in [0.15, 0.2) is 58.6 Å². The highest BCUT2D eigenvalue weighted by Gasteiger charge is 1.98. The minimum atomic E-state index is 0.412. The number of nitrogens with two attached hydrogens (primary N) is 2. The smallest absolute Gasteiger partial charge is 0.189 e. The molecule has 0 amide bonds. The second-order valence-electron chi connectivity index (χ2n) is 5.84. The highest BCUT2D eigenvalue weighted by Crippen LogP contribution is 2.07. The minimum absolute atomic E-state index is 0.412. The van der Waals surface area contributed by atoms with Crippen molar-refractivity contribution < 1.29 is 0 Å². The third-order valence-corrected chi connectivity index (χ3v) is 3.00. The van der Waals surface area contributed by atoms with Crippen LogP contribution in [0.25, 0.3) is 0 Å². The summed E-state index contributed by atoms with van der Waals surface area (Å²) in [7, 11) is 0. The predicted octanol–water partition coefficient (Wildman–Crippen LogP) is 1.65. The van der Waals surface area contributed by atoms with Crippen LogP contribution in [0.1, 0.15) is 25.0 Å². The zero-order valence-electron chi connectivity index (χ0n) is 14.6. The van der Waals surface area contributed by atoms with E-state index in [1.807, 2.05) is 38.1 Å². The van der Waals surface area contributed by atoms with Crippen LogP contribution in [0.5, 0.6) is 0 Å². The summed E-state index contributed by atoms with van der Waals surface area (Å²) >= 11 is 0. The van der Waals surface area contributed by atoms with Crippen LogP contribution < -0.4 is 22.1 Å². The van der Waals surface area contributed by atoms with E-state index in [1.165, 1.54) is 0 Å². The van der Waals surface area contributed by atoms with E-state index in [0.29, 0.717) is 38.1 Å². The van der Waals surface area contributed by atoms with Crippen LogP contribution in [0.3, 0.4) is 0 Å². The summed E-state index contributed by atoms with van der Waals surface area (Å²) in [6.07, 6.45) is 0. The molecule has 0 aromatic heterocycles. The van der Waals surface area contributed by atoms with Gasteiger partial charge in [0.15, 0.2) is 11.9 Å². The largest absolute Gasteiger partial charge is 0.370 e. The standard InChI is InChI=1S/C18H28N6/c1-13(2)9-21-17(19)23-11-15-6-5-7-16(8-15)12-24-18(20)22-10-14(3)4/h5-8H,1,3,9-12H2,2,4H3,(H3,19,21,23)(H3,20,22,24). The average molecular weight is 328 g/mol. The molecule has 0 fully saturated rings. The molecule has 0 spiro atoms. The van der Waals surface area contributed by atoms with E-state index in [2.05, 4.69) is 33.8 Å². The van der Waals surface area contributed by atoms with Gasteiger partial charge in [-0.2, -0.15) is 0 Å². The normalized spacial score (nSPS) is 11.9. The molecule has 130 valence electrons. The molecule has 24 heavy (non-hydrogen) atoms. The molecule has 0 aliphatic rings. The maximum absolute atomic E-state index is 5.81. The first-order chi connectivity index (χ1) is 11.4. The molecular weight excluding hydrogens is 300 g/mol. The Labute approximate surface area is 144 Å².